The van der Waals surface area contributed by atoms with Gasteiger partial charge >= 0.3 is 0 Å². The molecule has 1 aliphatic carbocycles. The summed E-state index contributed by atoms with van der Waals surface area (Å²) in [5.74, 6) is 0. The first-order valence-corrected chi connectivity index (χ1v) is 7.31. The number of aryl methyl sites for hydroxylation is 2. The summed E-state index contributed by atoms with van der Waals surface area (Å²) in [6.45, 7) is 6.51. The Morgan fingerprint density at radius 3 is 2.50 bits per heavy atom. The Morgan fingerprint density at radius 1 is 1.22 bits per heavy atom. The van der Waals surface area contributed by atoms with E-state index in [4.69, 9.17) is 0 Å². The van der Waals surface area contributed by atoms with E-state index in [-0.39, 0.29) is 11.5 Å². The second-order valence-electron chi connectivity index (χ2n) is 6.07. The molecule has 0 heterocycles. The minimum Gasteiger partial charge on any atom is -0.392 e. The minimum atomic E-state index is -0.175. The maximum Gasteiger partial charge on any atom is 0.0636 e. The Balaban J connectivity index is 2.15. The predicted octanol–water partition coefficient (Wildman–Crippen LogP) is 4.18. The third-order valence-electron chi connectivity index (χ3n) is 4.93. The maximum absolute atomic E-state index is 10.7. The molecule has 0 amide bonds. The van der Waals surface area contributed by atoms with Crippen LogP contribution in [0.15, 0.2) is 18.2 Å². The number of aliphatic hydroxyl groups is 1. The van der Waals surface area contributed by atoms with E-state index >= 15 is 0 Å². The van der Waals surface area contributed by atoms with Crippen molar-refractivity contribution in [3.63, 3.8) is 0 Å². The van der Waals surface area contributed by atoms with Gasteiger partial charge in [0.15, 0.2) is 0 Å². The molecule has 1 saturated carbocycles. The van der Waals surface area contributed by atoms with Crippen LogP contribution in [0.1, 0.15) is 55.7 Å². The van der Waals surface area contributed by atoms with Gasteiger partial charge in [-0.3, -0.25) is 0 Å². The van der Waals surface area contributed by atoms with E-state index in [1.165, 1.54) is 42.4 Å². The average Bonchev–Trinajstić information content (AvgIpc) is 2.84. The zero-order valence-electron chi connectivity index (χ0n) is 12.0. The first kappa shape index (κ1) is 13.6. The van der Waals surface area contributed by atoms with Gasteiger partial charge in [0.1, 0.15) is 0 Å². The number of aliphatic hydroxyl groups excluding tert-OH is 1. The summed E-state index contributed by atoms with van der Waals surface area (Å²) in [4.78, 5) is 0. The molecule has 100 valence electrons. The van der Waals surface area contributed by atoms with Crippen LogP contribution in [0.4, 0.5) is 0 Å². The fraction of sp³-hybridized carbons (Fsp3) is 0.647. The number of hydrogen-bond donors (Lipinski definition) is 1. The van der Waals surface area contributed by atoms with Gasteiger partial charge in [-0.2, -0.15) is 0 Å². The molecule has 1 fully saturated rings. The molecule has 0 aliphatic heterocycles. The van der Waals surface area contributed by atoms with Gasteiger partial charge in [-0.1, -0.05) is 43.5 Å². The van der Waals surface area contributed by atoms with E-state index in [2.05, 4.69) is 39.0 Å². The van der Waals surface area contributed by atoms with Crippen molar-refractivity contribution in [1.82, 2.24) is 0 Å². The fourth-order valence-corrected chi connectivity index (χ4v) is 3.45. The van der Waals surface area contributed by atoms with Crippen LogP contribution in [0.2, 0.25) is 0 Å². The predicted molar refractivity (Wildman–Crippen MR) is 76.8 cm³/mol. The highest BCUT2D eigenvalue weighted by atomic mass is 16.3. The van der Waals surface area contributed by atoms with E-state index in [1.807, 2.05) is 0 Å². The van der Waals surface area contributed by atoms with Crippen molar-refractivity contribution in [1.29, 1.82) is 0 Å². The monoisotopic (exact) mass is 246 g/mol. The third-order valence-corrected chi connectivity index (χ3v) is 4.93. The van der Waals surface area contributed by atoms with Gasteiger partial charge in [0.05, 0.1) is 6.10 Å². The van der Waals surface area contributed by atoms with Crippen molar-refractivity contribution < 1.29 is 5.11 Å². The van der Waals surface area contributed by atoms with Crippen LogP contribution in [-0.2, 0) is 6.42 Å². The van der Waals surface area contributed by atoms with E-state index in [0.717, 1.165) is 12.8 Å². The Bertz CT molecular complexity index is 402. The zero-order chi connectivity index (χ0) is 13.2. The van der Waals surface area contributed by atoms with Crippen LogP contribution in [0.5, 0.6) is 0 Å². The lowest BCUT2D eigenvalue weighted by Gasteiger charge is -2.33. The zero-order valence-corrected chi connectivity index (χ0v) is 12.0. The van der Waals surface area contributed by atoms with Crippen molar-refractivity contribution in [3.8, 4) is 0 Å². The molecule has 0 aromatic heterocycles. The number of rotatable bonds is 4. The van der Waals surface area contributed by atoms with Crippen molar-refractivity contribution in [2.45, 2.75) is 65.4 Å². The molecule has 2 rings (SSSR count). The smallest absolute Gasteiger partial charge is 0.0636 e. The van der Waals surface area contributed by atoms with Crippen molar-refractivity contribution in [2.75, 3.05) is 0 Å². The summed E-state index contributed by atoms with van der Waals surface area (Å²) < 4.78 is 0. The Morgan fingerprint density at radius 2 is 1.89 bits per heavy atom. The summed E-state index contributed by atoms with van der Waals surface area (Å²) in [5.41, 5.74) is 4.11. The highest BCUT2D eigenvalue weighted by Crippen LogP contribution is 2.44. The molecule has 1 aromatic carbocycles. The van der Waals surface area contributed by atoms with E-state index in [9.17, 15) is 5.11 Å². The van der Waals surface area contributed by atoms with Crippen LogP contribution in [0, 0.1) is 19.3 Å². The molecule has 1 N–H and O–H groups in total. The van der Waals surface area contributed by atoms with Gasteiger partial charge in [-0.25, -0.2) is 0 Å². The molecule has 18 heavy (non-hydrogen) atoms. The summed E-state index contributed by atoms with van der Waals surface area (Å²) in [7, 11) is 0. The van der Waals surface area contributed by atoms with Crippen LogP contribution in [0.3, 0.4) is 0 Å². The molecule has 1 aromatic rings. The van der Waals surface area contributed by atoms with Gasteiger partial charge in [-0.15, -0.1) is 0 Å². The molecule has 1 aliphatic rings. The Hall–Kier alpha value is -0.820. The maximum atomic E-state index is 10.7. The Kier molecular flexibility index (Phi) is 4.11. The molecule has 0 radical (unpaired) electrons. The summed E-state index contributed by atoms with van der Waals surface area (Å²) in [5, 5.41) is 10.7. The summed E-state index contributed by atoms with van der Waals surface area (Å²) >= 11 is 0. The minimum absolute atomic E-state index is 0.175. The topological polar surface area (TPSA) is 20.2 Å². The molecular formula is C17H26O. The van der Waals surface area contributed by atoms with Crippen molar-refractivity contribution >= 4 is 0 Å². The first-order valence-electron chi connectivity index (χ1n) is 7.31. The van der Waals surface area contributed by atoms with Crippen LogP contribution in [-0.4, -0.2) is 11.2 Å². The second-order valence-corrected chi connectivity index (χ2v) is 6.07. The van der Waals surface area contributed by atoms with E-state index in [1.54, 1.807) is 0 Å². The van der Waals surface area contributed by atoms with Gasteiger partial charge in [0.2, 0.25) is 0 Å². The second kappa shape index (κ2) is 5.44. The standard InChI is InChI=1S/C17H26O/c1-4-17(9-5-6-10-17)16(18)12-15-11-13(2)7-8-14(15)3/h7-8,11,16,18H,4-6,9-10,12H2,1-3H3. The Labute approximate surface area is 111 Å². The normalized spacial score (nSPS) is 20.0. The lowest BCUT2D eigenvalue weighted by atomic mass is 9.75. The van der Waals surface area contributed by atoms with E-state index in [0.29, 0.717) is 0 Å². The van der Waals surface area contributed by atoms with Crippen LogP contribution < -0.4 is 0 Å². The van der Waals surface area contributed by atoms with Gasteiger partial charge in [0.25, 0.3) is 0 Å². The van der Waals surface area contributed by atoms with Crippen LogP contribution >= 0.6 is 0 Å². The molecule has 1 nitrogen and oxygen atoms in total. The molecule has 1 unspecified atom stereocenters. The SMILES string of the molecule is CCC1(C(O)Cc2cc(C)ccc2C)CCCC1. The van der Waals surface area contributed by atoms with Gasteiger partial charge in [0, 0.05) is 0 Å². The molecule has 1 heteroatoms. The molecule has 0 saturated heterocycles. The largest absolute Gasteiger partial charge is 0.392 e. The van der Waals surface area contributed by atoms with E-state index < -0.39 is 0 Å². The molecule has 0 spiro atoms. The number of benzene rings is 1. The van der Waals surface area contributed by atoms with Crippen LogP contribution in [0.25, 0.3) is 0 Å². The quantitative estimate of drug-likeness (QED) is 0.845. The van der Waals surface area contributed by atoms with Crippen molar-refractivity contribution in [3.05, 3.63) is 34.9 Å². The van der Waals surface area contributed by atoms with Gasteiger partial charge < -0.3 is 5.11 Å². The summed E-state index contributed by atoms with van der Waals surface area (Å²) in [6.07, 6.45) is 6.74. The first-order chi connectivity index (χ1) is 8.57. The molecular weight excluding hydrogens is 220 g/mol. The highest BCUT2D eigenvalue weighted by Gasteiger charge is 2.38. The molecule has 0 bridgehead atoms. The van der Waals surface area contributed by atoms with Gasteiger partial charge in [-0.05, 0) is 56.1 Å². The highest BCUT2D eigenvalue weighted by molar-refractivity contribution is 5.31. The average molecular weight is 246 g/mol. The third kappa shape index (κ3) is 2.61. The van der Waals surface area contributed by atoms with Crippen molar-refractivity contribution in [2.24, 2.45) is 5.41 Å². The number of hydrogen-bond acceptors (Lipinski definition) is 1. The lowest BCUT2D eigenvalue weighted by molar-refractivity contribution is 0.0256. The fourth-order valence-electron chi connectivity index (χ4n) is 3.45. The summed E-state index contributed by atoms with van der Waals surface area (Å²) in [6, 6.07) is 6.55. The lowest BCUT2D eigenvalue weighted by Crippen LogP contribution is -2.34. The molecule has 1 atom stereocenters.